The van der Waals surface area contributed by atoms with E-state index in [0.717, 1.165) is 25.2 Å². The predicted molar refractivity (Wildman–Crippen MR) is 101 cm³/mol. The van der Waals surface area contributed by atoms with Crippen molar-refractivity contribution in [1.29, 1.82) is 0 Å². The summed E-state index contributed by atoms with van der Waals surface area (Å²) in [5.74, 6) is 0.442. The van der Waals surface area contributed by atoms with Crippen molar-refractivity contribution >= 4 is 11.7 Å². The number of nitrogens with zero attached hydrogens (tertiary/aromatic N) is 3. The van der Waals surface area contributed by atoms with E-state index in [9.17, 15) is 9.59 Å². The second kappa shape index (κ2) is 10.1. The molecule has 9 nitrogen and oxygen atoms in total. The maximum absolute atomic E-state index is 12.3. The quantitative estimate of drug-likeness (QED) is 0.511. The van der Waals surface area contributed by atoms with E-state index in [2.05, 4.69) is 10.1 Å². The molecule has 1 aliphatic heterocycles. The Morgan fingerprint density at radius 1 is 1.29 bits per heavy atom. The van der Waals surface area contributed by atoms with Gasteiger partial charge in [-0.25, -0.2) is 0 Å². The summed E-state index contributed by atoms with van der Waals surface area (Å²) in [5.41, 5.74) is 7.62. The van der Waals surface area contributed by atoms with Crippen LogP contribution in [0, 0.1) is 5.92 Å². The Bertz CT molecular complexity index is 653. The van der Waals surface area contributed by atoms with E-state index in [1.165, 1.54) is 32.1 Å². The Hall–Kier alpha value is -1.84. The molecule has 1 saturated heterocycles. The molecule has 0 bridgehead atoms. The second-order valence-electron chi connectivity index (χ2n) is 8.14. The predicted octanol–water partition coefficient (Wildman–Crippen LogP) is 1.62. The van der Waals surface area contributed by atoms with E-state index in [1.54, 1.807) is 4.90 Å². The van der Waals surface area contributed by atoms with Crippen LogP contribution in [0.2, 0.25) is 0 Å². The normalized spacial score (nSPS) is 19.4. The summed E-state index contributed by atoms with van der Waals surface area (Å²) in [5, 5.41) is 12.6. The molecule has 1 aromatic rings. The van der Waals surface area contributed by atoms with Crippen molar-refractivity contribution in [3.63, 3.8) is 0 Å². The van der Waals surface area contributed by atoms with Crippen molar-refractivity contribution in [3.8, 4) is 0 Å². The van der Waals surface area contributed by atoms with Crippen LogP contribution in [0.25, 0.3) is 0 Å². The fourth-order valence-corrected chi connectivity index (χ4v) is 4.18. The lowest BCUT2D eigenvalue weighted by atomic mass is 9.84. The number of nitrogens with two attached hydrogens (primary N) is 1. The largest absolute Gasteiger partial charge is 0.338 e. The lowest BCUT2D eigenvalue weighted by molar-refractivity contribution is -0.120. The van der Waals surface area contributed by atoms with Gasteiger partial charge in [0.15, 0.2) is 0 Å². The first-order valence-corrected chi connectivity index (χ1v) is 10.3. The number of Topliss-reactive ketones (excluding diaryl/α,β-unsaturated/α-hetero) is 1. The van der Waals surface area contributed by atoms with E-state index in [0.29, 0.717) is 19.0 Å². The molecule has 1 saturated carbocycles. The summed E-state index contributed by atoms with van der Waals surface area (Å²) in [6.45, 7) is 0.868. The molecule has 2 aliphatic rings. The Morgan fingerprint density at radius 2 is 2.04 bits per heavy atom. The number of aromatic nitrogens is 2. The highest BCUT2D eigenvalue weighted by molar-refractivity contribution is 5.91. The van der Waals surface area contributed by atoms with Crippen molar-refractivity contribution in [1.82, 2.24) is 20.5 Å². The van der Waals surface area contributed by atoms with Crippen molar-refractivity contribution in [2.45, 2.75) is 69.7 Å². The average Bonchev–Trinajstić information content (AvgIpc) is 3.15. The number of rotatable bonds is 10. The van der Waals surface area contributed by atoms with Gasteiger partial charge in [-0.1, -0.05) is 50.1 Å². The highest BCUT2D eigenvalue weighted by atomic mass is 16.5. The zero-order valence-corrected chi connectivity index (χ0v) is 16.3. The number of carbonyl (C=O) groups excluding carboxylic acids is 2. The van der Waals surface area contributed by atoms with Gasteiger partial charge in [0.25, 0.3) is 11.7 Å². The molecule has 0 spiro atoms. The molecule has 9 heteroatoms. The van der Waals surface area contributed by atoms with Crippen LogP contribution in [0.15, 0.2) is 4.52 Å². The van der Waals surface area contributed by atoms with Gasteiger partial charge in [0, 0.05) is 31.5 Å². The van der Waals surface area contributed by atoms with Crippen molar-refractivity contribution in [2.75, 3.05) is 19.6 Å². The van der Waals surface area contributed by atoms with Crippen molar-refractivity contribution < 1.29 is 19.3 Å². The van der Waals surface area contributed by atoms with Crippen LogP contribution in [-0.4, -0.2) is 57.6 Å². The number of hydrogen-bond donors (Lipinski definition) is 3. The maximum atomic E-state index is 12.3. The summed E-state index contributed by atoms with van der Waals surface area (Å²) in [6, 6.07) is 0.00598. The minimum atomic E-state index is -0.291. The van der Waals surface area contributed by atoms with Gasteiger partial charge in [-0.2, -0.15) is 10.5 Å². The number of amides is 1. The van der Waals surface area contributed by atoms with Crippen molar-refractivity contribution in [2.24, 2.45) is 11.7 Å². The van der Waals surface area contributed by atoms with Crippen LogP contribution in [0.1, 0.15) is 80.2 Å². The van der Waals surface area contributed by atoms with Crippen molar-refractivity contribution in [3.05, 3.63) is 11.7 Å². The number of hydroxylamine groups is 1. The smallest absolute Gasteiger partial charge is 0.295 e. The average molecular weight is 393 g/mol. The molecular weight excluding hydrogens is 362 g/mol. The van der Waals surface area contributed by atoms with E-state index < -0.39 is 0 Å². The molecule has 28 heavy (non-hydrogen) atoms. The van der Waals surface area contributed by atoms with E-state index >= 15 is 0 Å². The van der Waals surface area contributed by atoms with E-state index in [-0.39, 0.29) is 42.4 Å². The summed E-state index contributed by atoms with van der Waals surface area (Å²) in [4.78, 5) is 30.2. The third-order valence-electron chi connectivity index (χ3n) is 5.82. The van der Waals surface area contributed by atoms with Gasteiger partial charge in [-0.3, -0.25) is 9.59 Å². The fourth-order valence-electron chi connectivity index (χ4n) is 4.18. The lowest BCUT2D eigenvalue weighted by Crippen LogP contribution is -2.58. The monoisotopic (exact) mass is 393 g/mol. The highest BCUT2D eigenvalue weighted by Crippen LogP contribution is 2.31. The number of ketones is 1. The molecule has 2 heterocycles. The summed E-state index contributed by atoms with van der Waals surface area (Å²) in [6.07, 6.45) is 9.58. The van der Waals surface area contributed by atoms with E-state index in [4.69, 9.17) is 15.5 Å². The lowest BCUT2D eigenvalue weighted by Gasteiger charge is -2.35. The van der Waals surface area contributed by atoms with Crippen LogP contribution < -0.4 is 11.2 Å². The minimum absolute atomic E-state index is 0.00598. The van der Waals surface area contributed by atoms with Gasteiger partial charge in [-0.15, -0.1) is 0 Å². The molecule has 2 fully saturated rings. The van der Waals surface area contributed by atoms with Gasteiger partial charge in [0.2, 0.25) is 5.89 Å². The molecule has 156 valence electrons. The molecule has 1 amide bonds. The molecule has 0 aromatic carbocycles. The van der Waals surface area contributed by atoms with Crippen LogP contribution in [0.4, 0.5) is 0 Å². The second-order valence-corrected chi connectivity index (χ2v) is 8.14. The summed E-state index contributed by atoms with van der Waals surface area (Å²) < 4.78 is 5.34. The minimum Gasteiger partial charge on any atom is -0.338 e. The van der Waals surface area contributed by atoms with Gasteiger partial charge >= 0.3 is 0 Å². The number of hydrogen-bond acceptors (Lipinski definition) is 8. The van der Waals surface area contributed by atoms with Gasteiger partial charge in [0.1, 0.15) is 5.78 Å². The molecule has 1 atom stereocenters. The number of carbonyl (C=O) groups is 2. The zero-order chi connectivity index (χ0) is 19.9. The Kier molecular flexibility index (Phi) is 7.52. The molecule has 3 rings (SSSR count). The molecule has 1 aliphatic carbocycles. The topological polar surface area (TPSA) is 135 Å². The Balaban J connectivity index is 1.59. The standard InChI is InChI=1S/C19H31N5O4/c20-15-11-24(12-15)19(26)17-22-18(28-23-17)14(9-16(25)10-21-27)8-4-7-13-5-2-1-3-6-13/h13-15,21,27H,1-12,20H2/t14-/m0/s1. The molecule has 0 radical (unpaired) electrons. The Labute approximate surface area is 165 Å². The van der Waals surface area contributed by atoms with Crippen LogP contribution >= 0.6 is 0 Å². The third-order valence-corrected chi connectivity index (χ3v) is 5.82. The third kappa shape index (κ3) is 5.59. The van der Waals surface area contributed by atoms with Crippen LogP contribution in [0.5, 0.6) is 0 Å². The molecule has 0 unspecified atom stereocenters. The zero-order valence-electron chi connectivity index (χ0n) is 16.3. The fraction of sp³-hybridized carbons (Fsp3) is 0.789. The molecule has 1 aromatic heterocycles. The first kappa shape index (κ1) is 20.9. The van der Waals surface area contributed by atoms with Gasteiger partial charge in [-0.05, 0) is 12.3 Å². The van der Waals surface area contributed by atoms with Crippen LogP contribution in [0.3, 0.4) is 0 Å². The first-order chi connectivity index (χ1) is 13.6. The van der Waals surface area contributed by atoms with Gasteiger partial charge < -0.3 is 20.4 Å². The first-order valence-electron chi connectivity index (χ1n) is 10.3. The Morgan fingerprint density at radius 3 is 2.71 bits per heavy atom. The highest BCUT2D eigenvalue weighted by Gasteiger charge is 2.32. The molecular formula is C19H31N5O4. The van der Waals surface area contributed by atoms with Gasteiger partial charge in [0.05, 0.1) is 6.54 Å². The SMILES string of the molecule is NC1CN(C(=O)c2noc([C@@H](CCCC3CCCCC3)CC(=O)CNO)n2)C1. The molecule has 4 N–H and O–H groups in total. The maximum Gasteiger partial charge on any atom is 0.295 e. The summed E-state index contributed by atoms with van der Waals surface area (Å²) in [7, 11) is 0. The number of likely N-dealkylation sites (tertiary alicyclic amines) is 1. The number of nitrogens with one attached hydrogen (secondary N) is 1. The van der Waals surface area contributed by atoms with Crippen LogP contribution in [-0.2, 0) is 4.79 Å². The van der Waals surface area contributed by atoms with E-state index in [1.807, 2.05) is 5.48 Å². The summed E-state index contributed by atoms with van der Waals surface area (Å²) >= 11 is 0.